The molecular formula is C14H12N2O2. The number of rotatable bonds is 4. The summed E-state index contributed by atoms with van der Waals surface area (Å²) in [4.78, 5) is 18.7. The molecule has 0 atom stereocenters. The van der Waals surface area contributed by atoms with Crippen LogP contribution in [0, 0.1) is 0 Å². The predicted octanol–water partition coefficient (Wildman–Crippen LogP) is 2.57. The van der Waals surface area contributed by atoms with Gasteiger partial charge in [0, 0.05) is 18.0 Å². The lowest BCUT2D eigenvalue weighted by molar-refractivity contribution is 0.0696. The molecule has 0 spiro atoms. The van der Waals surface area contributed by atoms with Crippen LogP contribution < -0.4 is 0 Å². The summed E-state index contributed by atoms with van der Waals surface area (Å²) in [6.07, 6.45) is 5.27. The summed E-state index contributed by atoms with van der Waals surface area (Å²) in [6, 6.07) is 7.78. The Hall–Kier alpha value is -2.49. The van der Waals surface area contributed by atoms with Gasteiger partial charge in [-0.15, -0.1) is 6.58 Å². The van der Waals surface area contributed by atoms with Crippen molar-refractivity contribution in [2.75, 3.05) is 0 Å². The Kier molecular flexibility index (Phi) is 3.48. The van der Waals surface area contributed by atoms with E-state index in [4.69, 9.17) is 5.11 Å². The molecule has 2 rings (SSSR count). The number of hydrogen-bond donors (Lipinski definition) is 1. The number of nitrogens with zero attached hydrogens (tertiary/aromatic N) is 2. The van der Waals surface area contributed by atoms with E-state index < -0.39 is 5.97 Å². The lowest BCUT2D eigenvalue weighted by Crippen LogP contribution is -1.99. The van der Waals surface area contributed by atoms with E-state index in [0.717, 1.165) is 17.5 Å². The van der Waals surface area contributed by atoms with Gasteiger partial charge in [-0.25, -0.2) is 14.8 Å². The van der Waals surface area contributed by atoms with Crippen LogP contribution in [0.3, 0.4) is 0 Å². The molecule has 1 aromatic carbocycles. The summed E-state index contributed by atoms with van der Waals surface area (Å²) in [5.74, 6) is -0.506. The van der Waals surface area contributed by atoms with E-state index >= 15 is 0 Å². The molecule has 90 valence electrons. The van der Waals surface area contributed by atoms with Crippen molar-refractivity contribution in [1.82, 2.24) is 9.97 Å². The molecular weight excluding hydrogens is 228 g/mol. The fraction of sp³-hybridized carbons (Fsp3) is 0.0714. The highest BCUT2D eigenvalue weighted by Crippen LogP contribution is 2.15. The number of aromatic carboxylic acids is 1. The normalized spacial score (nSPS) is 10.0. The van der Waals surface area contributed by atoms with E-state index in [1.165, 1.54) is 12.4 Å². The summed E-state index contributed by atoms with van der Waals surface area (Å²) < 4.78 is 0. The number of aromatic nitrogens is 2. The first kappa shape index (κ1) is 12.0. The van der Waals surface area contributed by atoms with Gasteiger partial charge in [-0.2, -0.15) is 0 Å². The Morgan fingerprint density at radius 2 is 1.83 bits per heavy atom. The van der Waals surface area contributed by atoms with Crippen LogP contribution in [0.1, 0.15) is 15.9 Å². The number of hydrogen-bond acceptors (Lipinski definition) is 3. The third-order valence-electron chi connectivity index (χ3n) is 2.49. The van der Waals surface area contributed by atoms with Gasteiger partial charge in [0.05, 0.1) is 5.56 Å². The summed E-state index contributed by atoms with van der Waals surface area (Å²) in [5.41, 5.74) is 2.11. The Morgan fingerprint density at radius 1 is 1.22 bits per heavy atom. The number of allylic oxidation sites excluding steroid dienone is 1. The van der Waals surface area contributed by atoms with Crippen molar-refractivity contribution >= 4 is 5.97 Å². The summed E-state index contributed by atoms with van der Waals surface area (Å²) in [7, 11) is 0. The summed E-state index contributed by atoms with van der Waals surface area (Å²) in [6.45, 7) is 3.68. The van der Waals surface area contributed by atoms with Crippen LogP contribution in [0.2, 0.25) is 0 Å². The SMILES string of the molecule is C=CCc1ccc(-c2ncc(C(=O)O)cn2)cc1. The Bertz CT molecular complexity index is 559. The maximum absolute atomic E-state index is 10.7. The standard InChI is InChI=1S/C14H12N2O2/c1-2-3-10-4-6-11(7-5-10)13-15-8-12(9-16-13)14(17)18/h2,4-9H,1,3H2,(H,17,18). The monoisotopic (exact) mass is 240 g/mol. The van der Waals surface area contributed by atoms with Gasteiger partial charge in [0.1, 0.15) is 0 Å². The average molecular weight is 240 g/mol. The van der Waals surface area contributed by atoms with E-state index in [0.29, 0.717) is 5.82 Å². The fourth-order valence-corrected chi connectivity index (χ4v) is 1.54. The smallest absolute Gasteiger partial charge is 0.338 e. The topological polar surface area (TPSA) is 63.1 Å². The Balaban J connectivity index is 2.25. The van der Waals surface area contributed by atoms with E-state index in [-0.39, 0.29) is 5.56 Å². The second kappa shape index (κ2) is 5.23. The first-order valence-corrected chi connectivity index (χ1v) is 5.46. The van der Waals surface area contributed by atoms with Crippen LogP contribution in [0.15, 0.2) is 49.3 Å². The molecule has 1 heterocycles. The van der Waals surface area contributed by atoms with Gasteiger partial charge in [-0.3, -0.25) is 0 Å². The summed E-state index contributed by atoms with van der Waals surface area (Å²) in [5, 5.41) is 8.75. The second-order valence-corrected chi connectivity index (χ2v) is 3.79. The van der Waals surface area contributed by atoms with Gasteiger partial charge in [-0.1, -0.05) is 30.3 Å². The maximum atomic E-state index is 10.7. The summed E-state index contributed by atoms with van der Waals surface area (Å²) >= 11 is 0. The average Bonchev–Trinajstić information content (AvgIpc) is 2.40. The lowest BCUT2D eigenvalue weighted by atomic mass is 10.1. The highest BCUT2D eigenvalue weighted by Gasteiger charge is 2.05. The van der Waals surface area contributed by atoms with Crippen molar-refractivity contribution in [3.05, 3.63) is 60.4 Å². The molecule has 0 saturated carbocycles. The van der Waals surface area contributed by atoms with E-state index in [2.05, 4.69) is 16.5 Å². The van der Waals surface area contributed by atoms with Crippen LogP contribution in [-0.2, 0) is 6.42 Å². The molecule has 0 fully saturated rings. The quantitative estimate of drug-likeness (QED) is 0.834. The zero-order chi connectivity index (χ0) is 13.0. The number of carboxylic acid groups (broad SMARTS) is 1. The molecule has 0 aliphatic rings. The molecule has 1 aromatic heterocycles. The molecule has 0 amide bonds. The van der Waals surface area contributed by atoms with Crippen molar-refractivity contribution in [3.63, 3.8) is 0 Å². The number of carboxylic acids is 1. The minimum Gasteiger partial charge on any atom is -0.478 e. The second-order valence-electron chi connectivity index (χ2n) is 3.79. The minimum atomic E-state index is -1.03. The highest BCUT2D eigenvalue weighted by molar-refractivity contribution is 5.86. The van der Waals surface area contributed by atoms with Crippen LogP contribution in [-0.4, -0.2) is 21.0 Å². The molecule has 2 aromatic rings. The number of benzene rings is 1. The van der Waals surface area contributed by atoms with Crippen molar-refractivity contribution in [2.45, 2.75) is 6.42 Å². The Morgan fingerprint density at radius 3 is 2.33 bits per heavy atom. The van der Waals surface area contributed by atoms with Gasteiger partial charge < -0.3 is 5.11 Å². The maximum Gasteiger partial charge on any atom is 0.338 e. The van der Waals surface area contributed by atoms with Gasteiger partial charge in [0.2, 0.25) is 0 Å². The van der Waals surface area contributed by atoms with Gasteiger partial charge >= 0.3 is 5.97 Å². The molecule has 0 saturated heterocycles. The van der Waals surface area contributed by atoms with Crippen LogP contribution >= 0.6 is 0 Å². The van der Waals surface area contributed by atoms with Crippen LogP contribution in [0.5, 0.6) is 0 Å². The minimum absolute atomic E-state index is 0.0852. The largest absolute Gasteiger partial charge is 0.478 e. The van der Waals surface area contributed by atoms with E-state index in [1.54, 1.807) is 0 Å². The predicted molar refractivity (Wildman–Crippen MR) is 68.3 cm³/mol. The fourth-order valence-electron chi connectivity index (χ4n) is 1.54. The molecule has 0 aliphatic heterocycles. The molecule has 0 aliphatic carbocycles. The van der Waals surface area contributed by atoms with Gasteiger partial charge in [-0.05, 0) is 12.0 Å². The van der Waals surface area contributed by atoms with Crippen LogP contribution in [0.25, 0.3) is 11.4 Å². The molecule has 4 nitrogen and oxygen atoms in total. The van der Waals surface area contributed by atoms with E-state index in [1.807, 2.05) is 30.3 Å². The van der Waals surface area contributed by atoms with Crippen molar-refractivity contribution in [2.24, 2.45) is 0 Å². The molecule has 18 heavy (non-hydrogen) atoms. The van der Waals surface area contributed by atoms with Crippen molar-refractivity contribution in [1.29, 1.82) is 0 Å². The first-order chi connectivity index (χ1) is 8.70. The van der Waals surface area contributed by atoms with E-state index in [9.17, 15) is 4.79 Å². The number of carbonyl (C=O) groups is 1. The molecule has 0 unspecified atom stereocenters. The van der Waals surface area contributed by atoms with Crippen molar-refractivity contribution in [3.8, 4) is 11.4 Å². The van der Waals surface area contributed by atoms with Gasteiger partial charge in [0.15, 0.2) is 5.82 Å². The Labute approximate surface area is 105 Å². The molecule has 0 radical (unpaired) electrons. The highest BCUT2D eigenvalue weighted by atomic mass is 16.4. The lowest BCUT2D eigenvalue weighted by Gasteiger charge is -2.02. The van der Waals surface area contributed by atoms with Gasteiger partial charge in [0.25, 0.3) is 0 Å². The molecule has 0 bridgehead atoms. The first-order valence-electron chi connectivity index (χ1n) is 5.46. The zero-order valence-corrected chi connectivity index (χ0v) is 9.71. The third kappa shape index (κ3) is 2.60. The molecule has 4 heteroatoms. The van der Waals surface area contributed by atoms with Crippen molar-refractivity contribution < 1.29 is 9.90 Å². The third-order valence-corrected chi connectivity index (χ3v) is 2.49. The van der Waals surface area contributed by atoms with Crippen LogP contribution in [0.4, 0.5) is 0 Å². The zero-order valence-electron chi connectivity index (χ0n) is 9.71. The molecule has 1 N–H and O–H groups in total.